The maximum absolute atomic E-state index is 12.2. The van der Waals surface area contributed by atoms with Gasteiger partial charge >= 0.3 is 0 Å². The summed E-state index contributed by atoms with van der Waals surface area (Å²) >= 11 is 6.23. The van der Waals surface area contributed by atoms with Crippen LogP contribution < -0.4 is 9.47 Å². The summed E-state index contributed by atoms with van der Waals surface area (Å²) in [5.41, 5.74) is 4.26. The van der Waals surface area contributed by atoms with Crippen LogP contribution in [0.1, 0.15) is 32.6 Å². The molecule has 148 valence electrons. The van der Waals surface area contributed by atoms with E-state index in [9.17, 15) is 4.79 Å². The Balaban J connectivity index is 1.77. The second kappa shape index (κ2) is 9.39. The van der Waals surface area contributed by atoms with E-state index in [0.717, 1.165) is 38.8 Å². The van der Waals surface area contributed by atoms with Gasteiger partial charge in [-0.25, -0.2) is 0 Å². The van der Waals surface area contributed by atoms with Gasteiger partial charge in [0, 0.05) is 28.5 Å². The van der Waals surface area contributed by atoms with Crippen molar-refractivity contribution >= 4 is 23.5 Å². The molecule has 3 rings (SSSR count). The van der Waals surface area contributed by atoms with Crippen molar-refractivity contribution in [3.63, 3.8) is 0 Å². The molecular weight excluding hydrogens is 386 g/mol. The molecular formula is C24H22ClNO3. The number of benzene rings is 2. The molecule has 3 aromatic rings. The standard InChI is InChI=1S/C24H22ClNO3/c1-16-11-21(12-17(2)24(16)25)29-15-20-13-18(7-9-23(20)28-3)6-8-22(27)19-5-4-10-26-14-19/h4-14H,15H2,1-3H3/b8-6+. The number of hydrogen-bond acceptors (Lipinski definition) is 4. The van der Waals surface area contributed by atoms with E-state index >= 15 is 0 Å². The van der Waals surface area contributed by atoms with E-state index in [1.807, 2.05) is 44.2 Å². The fourth-order valence-corrected chi connectivity index (χ4v) is 3.05. The van der Waals surface area contributed by atoms with Crippen molar-refractivity contribution in [2.75, 3.05) is 7.11 Å². The molecule has 0 saturated carbocycles. The molecule has 0 aliphatic carbocycles. The molecule has 0 saturated heterocycles. The van der Waals surface area contributed by atoms with Gasteiger partial charge in [0.2, 0.25) is 0 Å². The van der Waals surface area contributed by atoms with Gasteiger partial charge in [0.25, 0.3) is 0 Å². The normalized spacial score (nSPS) is 10.9. The zero-order valence-corrected chi connectivity index (χ0v) is 17.4. The SMILES string of the molecule is COc1ccc(/C=C/C(=O)c2cccnc2)cc1COc1cc(C)c(Cl)c(C)c1. The minimum atomic E-state index is -0.0983. The smallest absolute Gasteiger partial charge is 0.187 e. The van der Waals surface area contributed by atoms with Gasteiger partial charge in [-0.05, 0) is 73.0 Å². The number of ether oxygens (including phenoxy) is 2. The van der Waals surface area contributed by atoms with Gasteiger partial charge in [0.1, 0.15) is 18.1 Å². The van der Waals surface area contributed by atoms with Crippen LogP contribution in [-0.2, 0) is 6.61 Å². The van der Waals surface area contributed by atoms with Gasteiger partial charge in [0.15, 0.2) is 5.78 Å². The summed E-state index contributed by atoms with van der Waals surface area (Å²) in [5, 5.41) is 0.750. The zero-order valence-electron chi connectivity index (χ0n) is 16.6. The lowest BCUT2D eigenvalue weighted by atomic mass is 10.1. The average molecular weight is 408 g/mol. The van der Waals surface area contributed by atoms with Crippen LogP contribution in [0.25, 0.3) is 6.08 Å². The number of aromatic nitrogens is 1. The van der Waals surface area contributed by atoms with Crippen molar-refractivity contribution in [1.82, 2.24) is 4.98 Å². The second-order valence-electron chi connectivity index (χ2n) is 6.67. The highest BCUT2D eigenvalue weighted by molar-refractivity contribution is 6.32. The van der Waals surface area contributed by atoms with Crippen molar-refractivity contribution in [3.05, 3.63) is 93.8 Å². The van der Waals surface area contributed by atoms with Crippen molar-refractivity contribution in [3.8, 4) is 11.5 Å². The quantitative estimate of drug-likeness (QED) is 0.365. The Labute approximate surface area is 175 Å². The predicted molar refractivity (Wildman–Crippen MR) is 116 cm³/mol. The Morgan fingerprint density at radius 3 is 2.55 bits per heavy atom. The molecule has 0 N–H and O–H groups in total. The summed E-state index contributed by atoms with van der Waals surface area (Å²) < 4.78 is 11.4. The third kappa shape index (κ3) is 5.24. The molecule has 2 aromatic carbocycles. The third-order valence-electron chi connectivity index (χ3n) is 4.48. The molecule has 0 atom stereocenters. The number of aryl methyl sites for hydroxylation is 2. The van der Waals surface area contributed by atoms with E-state index in [1.165, 1.54) is 6.08 Å². The monoisotopic (exact) mass is 407 g/mol. The molecule has 0 radical (unpaired) electrons. The maximum atomic E-state index is 12.2. The van der Waals surface area contributed by atoms with Crippen molar-refractivity contribution in [2.45, 2.75) is 20.5 Å². The van der Waals surface area contributed by atoms with Crippen molar-refractivity contribution < 1.29 is 14.3 Å². The molecule has 0 fully saturated rings. The predicted octanol–water partition coefficient (Wildman–Crippen LogP) is 5.84. The molecule has 0 unspecified atom stereocenters. The average Bonchev–Trinajstić information content (AvgIpc) is 2.74. The highest BCUT2D eigenvalue weighted by atomic mass is 35.5. The number of methoxy groups -OCH3 is 1. The Kier molecular flexibility index (Phi) is 6.68. The summed E-state index contributed by atoms with van der Waals surface area (Å²) in [7, 11) is 1.62. The highest BCUT2D eigenvalue weighted by Crippen LogP contribution is 2.28. The fourth-order valence-electron chi connectivity index (χ4n) is 2.94. The lowest BCUT2D eigenvalue weighted by Crippen LogP contribution is -2.00. The first-order chi connectivity index (χ1) is 14.0. The molecule has 5 heteroatoms. The molecule has 0 aliphatic heterocycles. The Morgan fingerprint density at radius 2 is 1.90 bits per heavy atom. The Morgan fingerprint density at radius 1 is 1.14 bits per heavy atom. The molecule has 29 heavy (non-hydrogen) atoms. The summed E-state index contributed by atoms with van der Waals surface area (Å²) in [5.74, 6) is 1.38. The number of rotatable bonds is 7. The number of nitrogens with zero attached hydrogens (tertiary/aromatic N) is 1. The summed E-state index contributed by atoms with van der Waals surface area (Å²) in [6.45, 7) is 4.24. The van der Waals surface area contributed by atoms with Crippen LogP contribution in [0.4, 0.5) is 0 Å². The van der Waals surface area contributed by atoms with Crippen LogP contribution >= 0.6 is 11.6 Å². The van der Waals surface area contributed by atoms with E-state index in [1.54, 1.807) is 37.7 Å². The van der Waals surface area contributed by atoms with Gasteiger partial charge < -0.3 is 9.47 Å². The van der Waals surface area contributed by atoms with E-state index in [-0.39, 0.29) is 5.78 Å². The number of allylic oxidation sites excluding steroid dienone is 1. The van der Waals surface area contributed by atoms with E-state index in [2.05, 4.69) is 4.98 Å². The van der Waals surface area contributed by atoms with Crippen LogP contribution in [0.15, 0.2) is 60.9 Å². The number of carbonyl (C=O) groups excluding carboxylic acids is 1. The van der Waals surface area contributed by atoms with Gasteiger partial charge in [0.05, 0.1) is 7.11 Å². The maximum Gasteiger partial charge on any atom is 0.187 e. The molecule has 0 bridgehead atoms. The minimum Gasteiger partial charge on any atom is -0.496 e. The van der Waals surface area contributed by atoms with E-state index < -0.39 is 0 Å². The van der Waals surface area contributed by atoms with Gasteiger partial charge in [-0.2, -0.15) is 0 Å². The van der Waals surface area contributed by atoms with Crippen molar-refractivity contribution in [2.24, 2.45) is 0 Å². The lowest BCUT2D eigenvalue weighted by molar-refractivity contribution is 0.104. The van der Waals surface area contributed by atoms with E-state index in [4.69, 9.17) is 21.1 Å². The van der Waals surface area contributed by atoms with Crippen LogP contribution in [-0.4, -0.2) is 17.9 Å². The highest BCUT2D eigenvalue weighted by Gasteiger charge is 2.08. The molecule has 1 aromatic heterocycles. The van der Waals surface area contributed by atoms with Crippen molar-refractivity contribution in [1.29, 1.82) is 0 Å². The minimum absolute atomic E-state index is 0.0983. The third-order valence-corrected chi connectivity index (χ3v) is 5.08. The summed E-state index contributed by atoms with van der Waals surface area (Å²) in [4.78, 5) is 16.2. The first kappa shape index (κ1) is 20.6. The number of ketones is 1. The molecule has 0 spiro atoms. The number of hydrogen-bond donors (Lipinski definition) is 0. The molecule has 1 heterocycles. The van der Waals surface area contributed by atoms with Crippen LogP contribution in [0.5, 0.6) is 11.5 Å². The van der Waals surface area contributed by atoms with Crippen LogP contribution in [0, 0.1) is 13.8 Å². The fraction of sp³-hybridized carbons (Fsp3) is 0.167. The summed E-state index contributed by atoms with van der Waals surface area (Å²) in [6, 6.07) is 13.0. The number of halogens is 1. The van der Waals surface area contributed by atoms with Gasteiger partial charge in [-0.1, -0.05) is 23.7 Å². The first-order valence-electron chi connectivity index (χ1n) is 9.17. The molecule has 0 aliphatic rings. The topological polar surface area (TPSA) is 48.4 Å². The second-order valence-corrected chi connectivity index (χ2v) is 7.05. The first-order valence-corrected chi connectivity index (χ1v) is 9.54. The van der Waals surface area contributed by atoms with Crippen LogP contribution in [0.3, 0.4) is 0 Å². The van der Waals surface area contributed by atoms with Crippen LogP contribution in [0.2, 0.25) is 5.02 Å². The number of pyridine rings is 1. The Hall–Kier alpha value is -3.11. The summed E-state index contributed by atoms with van der Waals surface area (Å²) in [6.07, 6.45) is 6.50. The number of carbonyl (C=O) groups is 1. The lowest BCUT2D eigenvalue weighted by Gasteiger charge is -2.13. The molecule has 0 amide bonds. The molecule has 4 nitrogen and oxygen atoms in total. The zero-order chi connectivity index (χ0) is 20.8. The largest absolute Gasteiger partial charge is 0.496 e. The Bertz CT molecular complexity index is 1020. The van der Waals surface area contributed by atoms with Gasteiger partial charge in [-0.3, -0.25) is 9.78 Å². The van der Waals surface area contributed by atoms with Gasteiger partial charge in [-0.15, -0.1) is 0 Å². The van der Waals surface area contributed by atoms with E-state index in [0.29, 0.717) is 12.2 Å².